The van der Waals surface area contributed by atoms with E-state index in [0.29, 0.717) is 17.4 Å². The summed E-state index contributed by atoms with van der Waals surface area (Å²) in [4.78, 5) is 36.7. The maximum absolute atomic E-state index is 13.0. The van der Waals surface area contributed by atoms with Crippen molar-refractivity contribution >= 4 is 35.9 Å². The predicted molar refractivity (Wildman–Crippen MR) is 106 cm³/mol. The summed E-state index contributed by atoms with van der Waals surface area (Å²) in [6.07, 6.45) is 1.83. The van der Waals surface area contributed by atoms with Gasteiger partial charge in [0.25, 0.3) is 11.8 Å². The number of rotatable bonds is 4. The molecule has 8 heteroatoms. The van der Waals surface area contributed by atoms with Gasteiger partial charge in [-0.25, -0.2) is 5.01 Å². The molecule has 0 fully saturated rings. The molecule has 0 unspecified atom stereocenters. The van der Waals surface area contributed by atoms with Crippen LogP contribution in [0, 0.1) is 0 Å². The van der Waals surface area contributed by atoms with E-state index in [1.165, 1.54) is 29.4 Å². The van der Waals surface area contributed by atoms with Gasteiger partial charge in [0.15, 0.2) is 0 Å². The largest absolute Gasteiger partial charge is 0.411 e. The van der Waals surface area contributed by atoms with Gasteiger partial charge < -0.3 is 5.21 Å². The Bertz CT molecular complexity index is 935. The number of carbonyl (C=O) groups excluding carboxylic acids is 3. The van der Waals surface area contributed by atoms with Crippen LogP contribution in [0.15, 0.2) is 47.6 Å². The van der Waals surface area contributed by atoms with E-state index in [1.807, 2.05) is 0 Å². The third-order valence-corrected chi connectivity index (χ3v) is 4.11. The number of carbonyl (C=O) groups is 3. The van der Waals surface area contributed by atoms with Crippen LogP contribution in [0.5, 0.6) is 0 Å². The van der Waals surface area contributed by atoms with Gasteiger partial charge in [-0.05, 0) is 50.6 Å². The first kappa shape index (κ1) is 21.1. The average molecular weight is 402 g/mol. The standard InChI is InChI=1S/C20H20ClN3O4/c1-20(2,3)24(19(27)15-6-4-5-14(9-15)12-25)23-18(26)16-8-7-13(11-22-28)10-17(16)21/h4-12,28H,1-3H3,(H,23,26). The van der Waals surface area contributed by atoms with Crippen LogP contribution in [0.25, 0.3) is 0 Å². The van der Waals surface area contributed by atoms with E-state index in [0.717, 1.165) is 0 Å². The predicted octanol–water partition coefficient (Wildman–Crippen LogP) is 3.55. The minimum Gasteiger partial charge on any atom is -0.411 e. The van der Waals surface area contributed by atoms with Crippen molar-refractivity contribution in [1.82, 2.24) is 10.4 Å². The minimum absolute atomic E-state index is 0.138. The molecule has 28 heavy (non-hydrogen) atoms. The van der Waals surface area contributed by atoms with E-state index >= 15 is 0 Å². The summed E-state index contributed by atoms with van der Waals surface area (Å²) in [7, 11) is 0. The first-order valence-corrected chi connectivity index (χ1v) is 8.73. The molecule has 0 aromatic heterocycles. The van der Waals surface area contributed by atoms with Gasteiger partial charge in [0, 0.05) is 11.1 Å². The van der Waals surface area contributed by atoms with Crippen molar-refractivity contribution in [1.29, 1.82) is 0 Å². The van der Waals surface area contributed by atoms with Crippen LogP contribution in [-0.2, 0) is 0 Å². The van der Waals surface area contributed by atoms with Gasteiger partial charge in [0.1, 0.15) is 6.29 Å². The fraction of sp³-hybridized carbons (Fsp3) is 0.200. The summed E-state index contributed by atoms with van der Waals surface area (Å²) in [5.41, 5.74) is 3.13. The molecule has 0 aliphatic heterocycles. The number of hydrogen-bond acceptors (Lipinski definition) is 5. The molecule has 0 bridgehead atoms. The van der Waals surface area contributed by atoms with Crippen molar-refractivity contribution < 1.29 is 19.6 Å². The fourth-order valence-electron chi connectivity index (χ4n) is 2.42. The van der Waals surface area contributed by atoms with Gasteiger partial charge in [0.2, 0.25) is 0 Å². The maximum atomic E-state index is 13.0. The number of nitrogens with one attached hydrogen (secondary N) is 1. The van der Waals surface area contributed by atoms with Gasteiger partial charge in [-0.3, -0.25) is 19.8 Å². The van der Waals surface area contributed by atoms with Crippen LogP contribution in [-0.4, -0.2) is 40.1 Å². The molecule has 0 heterocycles. The van der Waals surface area contributed by atoms with Crippen LogP contribution in [0.4, 0.5) is 0 Å². The van der Waals surface area contributed by atoms with Gasteiger partial charge in [-0.2, -0.15) is 0 Å². The number of hydrazine groups is 1. The van der Waals surface area contributed by atoms with E-state index < -0.39 is 17.4 Å². The van der Waals surface area contributed by atoms with Crippen LogP contribution in [0.1, 0.15) is 57.4 Å². The summed E-state index contributed by atoms with van der Waals surface area (Å²) >= 11 is 6.15. The van der Waals surface area contributed by atoms with Crippen molar-refractivity contribution in [3.63, 3.8) is 0 Å². The lowest BCUT2D eigenvalue weighted by Gasteiger charge is -2.35. The third-order valence-electron chi connectivity index (χ3n) is 3.80. The summed E-state index contributed by atoms with van der Waals surface area (Å²) in [5.74, 6) is -1.04. The molecule has 0 spiro atoms. The smallest absolute Gasteiger partial charge is 0.272 e. The zero-order chi connectivity index (χ0) is 20.9. The summed E-state index contributed by atoms with van der Waals surface area (Å²) in [6, 6.07) is 10.7. The van der Waals surface area contributed by atoms with Gasteiger partial charge in [-0.15, -0.1) is 0 Å². The molecule has 146 valence electrons. The monoisotopic (exact) mass is 401 g/mol. The molecular weight excluding hydrogens is 382 g/mol. The number of hydrogen-bond donors (Lipinski definition) is 2. The topological polar surface area (TPSA) is 99.1 Å². The molecule has 0 atom stereocenters. The Balaban J connectivity index is 2.33. The molecule has 7 nitrogen and oxygen atoms in total. The van der Waals surface area contributed by atoms with Crippen LogP contribution < -0.4 is 5.43 Å². The maximum Gasteiger partial charge on any atom is 0.272 e. The van der Waals surface area contributed by atoms with E-state index in [-0.39, 0.29) is 16.1 Å². The second-order valence-corrected chi connectivity index (χ2v) is 7.39. The molecule has 2 N–H and O–H groups in total. The molecule has 2 rings (SSSR count). The molecule has 0 saturated carbocycles. The number of aldehydes is 1. The minimum atomic E-state index is -0.750. The average Bonchev–Trinajstić information content (AvgIpc) is 2.65. The zero-order valence-corrected chi connectivity index (χ0v) is 16.4. The number of benzene rings is 2. The molecular formula is C20H20ClN3O4. The van der Waals surface area contributed by atoms with E-state index in [1.54, 1.807) is 45.0 Å². The van der Waals surface area contributed by atoms with Crippen molar-refractivity contribution in [3.8, 4) is 0 Å². The highest BCUT2D eigenvalue weighted by Crippen LogP contribution is 2.20. The van der Waals surface area contributed by atoms with Crippen LogP contribution in [0.2, 0.25) is 5.02 Å². The lowest BCUT2D eigenvalue weighted by Crippen LogP contribution is -2.55. The first-order valence-electron chi connectivity index (χ1n) is 8.35. The van der Waals surface area contributed by atoms with Gasteiger partial charge in [0.05, 0.1) is 22.3 Å². The highest BCUT2D eigenvalue weighted by Gasteiger charge is 2.30. The molecule has 2 amide bonds. The molecule has 0 aliphatic carbocycles. The van der Waals surface area contributed by atoms with Gasteiger partial charge >= 0.3 is 0 Å². The summed E-state index contributed by atoms with van der Waals surface area (Å²) in [6.45, 7) is 5.28. The van der Waals surface area contributed by atoms with E-state index in [9.17, 15) is 14.4 Å². The highest BCUT2D eigenvalue weighted by atomic mass is 35.5. The Hall–Kier alpha value is -3.19. The Labute approximate surface area is 167 Å². The Morgan fingerprint density at radius 2 is 1.86 bits per heavy atom. The number of amides is 2. The second-order valence-electron chi connectivity index (χ2n) is 6.98. The van der Waals surface area contributed by atoms with Crippen LogP contribution >= 0.6 is 11.6 Å². The molecule has 2 aromatic rings. The first-order chi connectivity index (χ1) is 13.2. The number of halogens is 1. The lowest BCUT2D eigenvalue weighted by atomic mass is 10.1. The fourth-order valence-corrected chi connectivity index (χ4v) is 2.70. The Kier molecular flexibility index (Phi) is 6.53. The third kappa shape index (κ3) is 4.95. The van der Waals surface area contributed by atoms with E-state index in [4.69, 9.17) is 16.8 Å². The molecule has 0 aliphatic rings. The number of nitrogens with zero attached hydrogens (tertiary/aromatic N) is 2. The lowest BCUT2D eigenvalue weighted by molar-refractivity contribution is 0.0358. The Morgan fingerprint density at radius 1 is 1.14 bits per heavy atom. The van der Waals surface area contributed by atoms with Crippen LogP contribution in [0.3, 0.4) is 0 Å². The van der Waals surface area contributed by atoms with E-state index in [2.05, 4.69) is 10.6 Å². The normalized spacial score (nSPS) is 11.3. The Morgan fingerprint density at radius 3 is 2.43 bits per heavy atom. The highest BCUT2D eigenvalue weighted by molar-refractivity contribution is 6.34. The zero-order valence-electron chi connectivity index (χ0n) is 15.6. The SMILES string of the molecule is CC(C)(C)N(NC(=O)c1ccc(C=NO)cc1Cl)C(=O)c1cccc(C=O)c1. The molecule has 2 aromatic carbocycles. The number of oxime groups is 1. The second kappa shape index (κ2) is 8.67. The van der Waals surface area contributed by atoms with Crippen molar-refractivity contribution in [2.45, 2.75) is 26.3 Å². The van der Waals surface area contributed by atoms with Crippen molar-refractivity contribution in [2.24, 2.45) is 5.16 Å². The molecule has 0 saturated heterocycles. The van der Waals surface area contributed by atoms with Crippen molar-refractivity contribution in [3.05, 3.63) is 69.7 Å². The van der Waals surface area contributed by atoms with Gasteiger partial charge in [-0.1, -0.05) is 35.0 Å². The quantitative estimate of drug-likeness (QED) is 0.354. The molecule has 0 radical (unpaired) electrons. The summed E-state index contributed by atoms with van der Waals surface area (Å²) < 4.78 is 0. The van der Waals surface area contributed by atoms with Crippen molar-refractivity contribution in [2.75, 3.05) is 0 Å². The summed E-state index contributed by atoms with van der Waals surface area (Å²) in [5, 5.41) is 12.8.